The average Bonchev–Trinajstić information content (AvgIpc) is 2.88. The zero-order valence-corrected chi connectivity index (χ0v) is 14.2. The number of nitrogens with one attached hydrogen (secondary N) is 1. The van der Waals surface area contributed by atoms with Gasteiger partial charge in [-0.3, -0.25) is 4.79 Å². The number of amides is 1. The molecule has 23 heavy (non-hydrogen) atoms. The van der Waals surface area contributed by atoms with Crippen LogP contribution in [0.25, 0.3) is 0 Å². The van der Waals surface area contributed by atoms with E-state index in [4.69, 9.17) is 11.5 Å². The van der Waals surface area contributed by atoms with Crippen LogP contribution in [0.3, 0.4) is 0 Å². The van der Waals surface area contributed by atoms with Gasteiger partial charge in [0.2, 0.25) is 0 Å². The van der Waals surface area contributed by atoms with Crippen LogP contribution < -0.4 is 16.8 Å². The summed E-state index contributed by atoms with van der Waals surface area (Å²) >= 11 is 1.52. The lowest BCUT2D eigenvalue weighted by molar-refractivity contribution is 0.1000. The van der Waals surface area contributed by atoms with E-state index in [0.717, 1.165) is 37.9 Å². The van der Waals surface area contributed by atoms with Gasteiger partial charge in [-0.05, 0) is 36.9 Å². The monoisotopic (exact) mass is 329 g/mol. The number of benzene rings is 1. The third kappa shape index (κ3) is 2.86. The van der Waals surface area contributed by atoms with Crippen LogP contribution in [0.5, 0.6) is 0 Å². The summed E-state index contributed by atoms with van der Waals surface area (Å²) < 4.78 is 0. The maximum absolute atomic E-state index is 11.7. The number of anilines is 1. The van der Waals surface area contributed by atoms with Crippen molar-refractivity contribution in [3.8, 4) is 0 Å². The predicted molar refractivity (Wildman–Crippen MR) is 95.9 cm³/mol. The number of nitrogen functional groups attached to an aromatic ring is 1. The van der Waals surface area contributed by atoms with E-state index >= 15 is 0 Å². The number of nitrogens with two attached hydrogens (primary N) is 2. The normalized spacial score (nSPS) is 20.2. The summed E-state index contributed by atoms with van der Waals surface area (Å²) in [6.45, 7) is 4.00. The molecule has 1 aromatic carbocycles. The summed E-state index contributed by atoms with van der Waals surface area (Å²) in [5.74, 6) is -0.404. The molecule has 0 radical (unpaired) electrons. The van der Waals surface area contributed by atoms with Crippen LogP contribution in [0.1, 0.15) is 39.7 Å². The molecule has 0 saturated carbocycles. The van der Waals surface area contributed by atoms with E-state index in [2.05, 4.69) is 36.5 Å². The van der Waals surface area contributed by atoms with Gasteiger partial charge in [0.25, 0.3) is 5.91 Å². The molecule has 1 heterocycles. The summed E-state index contributed by atoms with van der Waals surface area (Å²) in [5, 5.41) is 4.08. The van der Waals surface area contributed by atoms with Crippen LogP contribution in [0.15, 0.2) is 30.3 Å². The molecule has 0 saturated heterocycles. The molecule has 0 aliphatic heterocycles. The van der Waals surface area contributed by atoms with Gasteiger partial charge in [-0.2, -0.15) is 0 Å². The molecule has 1 unspecified atom stereocenters. The third-order valence-corrected chi connectivity index (χ3v) is 5.88. The standard InChI is InChI=1S/C18H23N3OS/c1-2-21-11-18(12-6-4-3-5-7-12)9-8-13-14(10-18)23-17(20)15(13)16(19)22/h3-7,21H,2,8-11,20H2,1H3,(H2,19,22). The van der Waals surface area contributed by atoms with Crippen molar-refractivity contribution in [2.24, 2.45) is 5.73 Å². The number of rotatable bonds is 5. The van der Waals surface area contributed by atoms with Crippen molar-refractivity contribution in [2.75, 3.05) is 18.8 Å². The molecule has 5 N–H and O–H groups in total. The molecule has 1 aliphatic rings. The number of carbonyl (C=O) groups is 1. The molecule has 1 aromatic heterocycles. The Morgan fingerprint density at radius 3 is 2.74 bits per heavy atom. The van der Waals surface area contributed by atoms with E-state index in [1.165, 1.54) is 21.8 Å². The minimum Gasteiger partial charge on any atom is -0.390 e. The van der Waals surface area contributed by atoms with Crippen molar-refractivity contribution >= 4 is 22.2 Å². The van der Waals surface area contributed by atoms with Crippen molar-refractivity contribution in [1.82, 2.24) is 5.32 Å². The first-order valence-electron chi connectivity index (χ1n) is 8.03. The maximum Gasteiger partial charge on any atom is 0.251 e. The van der Waals surface area contributed by atoms with E-state index < -0.39 is 5.91 Å². The summed E-state index contributed by atoms with van der Waals surface area (Å²) in [4.78, 5) is 12.9. The lowest BCUT2D eigenvalue weighted by Crippen LogP contribution is -2.42. The second-order valence-corrected chi connectivity index (χ2v) is 7.35. The Balaban J connectivity index is 2.01. The fraction of sp³-hybridized carbons (Fsp3) is 0.389. The first-order valence-corrected chi connectivity index (χ1v) is 8.85. The first-order chi connectivity index (χ1) is 11.1. The van der Waals surface area contributed by atoms with E-state index in [1.54, 1.807) is 0 Å². The largest absolute Gasteiger partial charge is 0.390 e. The Hall–Kier alpha value is -1.85. The number of likely N-dealkylation sites (N-methyl/N-ethyl adjacent to an activating group) is 1. The molecule has 122 valence electrons. The fourth-order valence-corrected chi connectivity index (χ4v) is 4.89. The van der Waals surface area contributed by atoms with Gasteiger partial charge >= 0.3 is 0 Å². The highest BCUT2D eigenvalue weighted by atomic mass is 32.1. The fourth-order valence-electron chi connectivity index (χ4n) is 3.63. The topological polar surface area (TPSA) is 81.1 Å². The molecule has 4 nitrogen and oxygen atoms in total. The second-order valence-electron chi connectivity index (χ2n) is 6.21. The van der Waals surface area contributed by atoms with Gasteiger partial charge in [0.1, 0.15) is 0 Å². The Labute approximate surface area is 140 Å². The summed E-state index contributed by atoms with van der Waals surface area (Å²) in [7, 11) is 0. The number of primary amides is 1. The number of hydrogen-bond donors (Lipinski definition) is 3. The van der Waals surface area contributed by atoms with Gasteiger partial charge in [0.15, 0.2) is 0 Å². The van der Waals surface area contributed by atoms with Crippen molar-refractivity contribution in [3.63, 3.8) is 0 Å². The molecular formula is C18H23N3OS. The average molecular weight is 329 g/mol. The molecule has 1 aliphatic carbocycles. The summed E-state index contributed by atoms with van der Waals surface area (Å²) in [5.41, 5.74) is 14.6. The summed E-state index contributed by atoms with van der Waals surface area (Å²) in [6.07, 6.45) is 2.75. The highest BCUT2D eigenvalue weighted by molar-refractivity contribution is 7.16. The van der Waals surface area contributed by atoms with Gasteiger partial charge in [-0.25, -0.2) is 0 Å². The Kier molecular flexibility index (Phi) is 4.41. The molecule has 2 aromatic rings. The van der Waals surface area contributed by atoms with E-state index in [9.17, 15) is 4.79 Å². The first kappa shape index (κ1) is 16.0. The van der Waals surface area contributed by atoms with Gasteiger partial charge in [-0.15, -0.1) is 11.3 Å². The molecule has 0 bridgehead atoms. The van der Waals surface area contributed by atoms with Crippen molar-refractivity contribution in [2.45, 2.75) is 31.6 Å². The number of carbonyl (C=O) groups excluding carboxylic acids is 1. The smallest absolute Gasteiger partial charge is 0.251 e. The third-order valence-electron chi connectivity index (χ3n) is 4.82. The van der Waals surface area contributed by atoms with E-state index in [-0.39, 0.29) is 5.41 Å². The number of fused-ring (bicyclic) bond motifs is 1. The van der Waals surface area contributed by atoms with Crippen LogP contribution in [0.4, 0.5) is 5.00 Å². The molecule has 0 spiro atoms. The lowest BCUT2D eigenvalue weighted by atomic mass is 9.69. The van der Waals surface area contributed by atoms with Crippen LogP contribution in [-0.2, 0) is 18.3 Å². The van der Waals surface area contributed by atoms with Gasteiger partial charge in [0, 0.05) is 16.8 Å². The van der Waals surface area contributed by atoms with Gasteiger partial charge in [-0.1, -0.05) is 37.3 Å². The predicted octanol–water partition coefficient (Wildman–Crippen LogP) is 2.47. The van der Waals surface area contributed by atoms with Crippen molar-refractivity contribution < 1.29 is 4.79 Å². The zero-order valence-electron chi connectivity index (χ0n) is 13.4. The highest BCUT2D eigenvalue weighted by Gasteiger charge is 2.38. The molecule has 0 fully saturated rings. The number of thiophene rings is 1. The number of hydrogen-bond acceptors (Lipinski definition) is 4. The Morgan fingerprint density at radius 1 is 1.35 bits per heavy atom. The molecule has 1 atom stereocenters. The molecule has 3 rings (SSSR count). The molecule has 1 amide bonds. The van der Waals surface area contributed by atoms with E-state index in [0.29, 0.717) is 10.6 Å². The van der Waals surface area contributed by atoms with Crippen LogP contribution in [0, 0.1) is 0 Å². The molecule has 5 heteroatoms. The van der Waals surface area contributed by atoms with Crippen LogP contribution in [0.2, 0.25) is 0 Å². The minimum absolute atomic E-state index is 0.0521. The van der Waals surface area contributed by atoms with E-state index in [1.807, 2.05) is 6.07 Å². The van der Waals surface area contributed by atoms with Gasteiger partial charge in [0.05, 0.1) is 10.6 Å². The zero-order chi connectivity index (χ0) is 16.4. The van der Waals surface area contributed by atoms with Crippen molar-refractivity contribution in [3.05, 3.63) is 51.9 Å². The highest BCUT2D eigenvalue weighted by Crippen LogP contribution is 2.44. The second kappa shape index (κ2) is 6.34. The van der Waals surface area contributed by atoms with Crippen LogP contribution in [-0.4, -0.2) is 19.0 Å². The van der Waals surface area contributed by atoms with Gasteiger partial charge < -0.3 is 16.8 Å². The SMILES string of the molecule is CCNCC1(c2ccccc2)CCc2c(sc(N)c2C(N)=O)C1. The maximum atomic E-state index is 11.7. The lowest BCUT2D eigenvalue weighted by Gasteiger charge is -2.38. The van der Waals surface area contributed by atoms with Crippen molar-refractivity contribution in [1.29, 1.82) is 0 Å². The minimum atomic E-state index is -0.404. The Morgan fingerprint density at radius 2 is 2.09 bits per heavy atom. The molecular weight excluding hydrogens is 306 g/mol. The quantitative estimate of drug-likeness (QED) is 0.788. The Bertz CT molecular complexity index is 711. The summed E-state index contributed by atoms with van der Waals surface area (Å²) in [6, 6.07) is 10.6. The van der Waals surface area contributed by atoms with Crippen LogP contribution >= 0.6 is 11.3 Å².